The normalized spacial score (nSPS) is 19.4. The molecule has 3 nitrogen and oxygen atoms in total. The summed E-state index contributed by atoms with van der Waals surface area (Å²) in [6.45, 7) is 3.43. The summed E-state index contributed by atoms with van der Waals surface area (Å²) in [5.74, 6) is -0.0329. The number of nitrogens with zero attached hydrogens (tertiary/aromatic N) is 2. The summed E-state index contributed by atoms with van der Waals surface area (Å²) in [5, 5.41) is 11.2. The van der Waals surface area contributed by atoms with Crippen LogP contribution in [0.2, 0.25) is 5.02 Å². The zero-order chi connectivity index (χ0) is 19.4. The minimum absolute atomic E-state index is 0.0102. The number of hydrogen-bond acceptors (Lipinski definition) is 4. The van der Waals surface area contributed by atoms with Gasteiger partial charge in [0, 0.05) is 22.4 Å². The van der Waals surface area contributed by atoms with Gasteiger partial charge in [0.2, 0.25) is 0 Å². The third-order valence-corrected chi connectivity index (χ3v) is 5.92. The first-order valence-electron chi connectivity index (χ1n) is 8.63. The molecule has 0 spiro atoms. The van der Waals surface area contributed by atoms with Crippen LogP contribution in [-0.4, -0.2) is 11.5 Å². The summed E-state index contributed by atoms with van der Waals surface area (Å²) in [4.78, 5) is 17.0. The van der Waals surface area contributed by atoms with Crippen LogP contribution in [0.3, 0.4) is 0 Å². The number of Topliss-reactive ketones (excluding diaryl/α,β-unsaturated/α-hetero) is 1. The second-order valence-electron chi connectivity index (χ2n) is 6.48. The minimum Gasteiger partial charge on any atom is -0.299 e. The lowest BCUT2D eigenvalue weighted by Gasteiger charge is -2.30. The van der Waals surface area contributed by atoms with E-state index in [9.17, 15) is 10.1 Å². The van der Waals surface area contributed by atoms with Crippen molar-refractivity contribution in [3.8, 4) is 6.07 Å². The molecule has 5 heteroatoms. The average Bonchev–Trinajstić information content (AvgIpc) is 2.67. The van der Waals surface area contributed by atoms with Crippen molar-refractivity contribution < 1.29 is 4.79 Å². The molecular formula is C22H19ClN2OS. The quantitative estimate of drug-likeness (QED) is 0.646. The van der Waals surface area contributed by atoms with E-state index in [0.29, 0.717) is 15.6 Å². The molecule has 0 N–H and O–H groups in total. The van der Waals surface area contributed by atoms with Crippen LogP contribution in [0, 0.1) is 17.2 Å². The molecule has 1 heterocycles. The van der Waals surface area contributed by atoms with Crippen molar-refractivity contribution in [1.82, 2.24) is 0 Å². The molecule has 0 aliphatic carbocycles. The zero-order valence-corrected chi connectivity index (χ0v) is 16.7. The second-order valence-corrected chi connectivity index (χ2v) is 7.88. The fourth-order valence-corrected chi connectivity index (χ4v) is 4.50. The maximum atomic E-state index is 12.4. The van der Waals surface area contributed by atoms with Crippen LogP contribution in [-0.2, 0) is 10.5 Å². The van der Waals surface area contributed by atoms with Crippen molar-refractivity contribution in [1.29, 1.82) is 5.26 Å². The van der Waals surface area contributed by atoms with Crippen molar-refractivity contribution in [3.63, 3.8) is 0 Å². The topological polar surface area (TPSA) is 53.2 Å². The summed E-state index contributed by atoms with van der Waals surface area (Å²) in [6, 6.07) is 19.7. The van der Waals surface area contributed by atoms with Crippen LogP contribution in [0.4, 0.5) is 0 Å². The van der Waals surface area contributed by atoms with Crippen molar-refractivity contribution >= 4 is 34.9 Å². The number of allylic oxidation sites excluding steroid dienone is 1. The molecule has 3 rings (SSSR count). The number of ketones is 1. The highest BCUT2D eigenvalue weighted by molar-refractivity contribution is 8.02. The molecular weight excluding hydrogens is 376 g/mol. The van der Waals surface area contributed by atoms with Crippen molar-refractivity contribution in [2.45, 2.75) is 25.5 Å². The molecule has 0 aromatic heterocycles. The largest absolute Gasteiger partial charge is 0.299 e. The van der Waals surface area contributed by atoms with Gasteiger partial charge in [-0.1, -0.05) is 54.1 Å². The molecule has 1 unspecified atom stereocenters. The monoisotopic (exact) mass is 394 g/mol. The Morgan fingerprint density at radius 3 is 2.44 bits per heavy atom. The molecule has 27 heavy (non-hydrogen) atoms. The van der Waals surface area contributed by atoms with Crippen molar-refractivity contribution in [3.05, 3.63) is 81.3 Å². The Balaban J connectivity index is 2.02. The smallest absolute Gasteiger partial charge is 0.139 e. The number of aliphatic imine (C=N–C) groups is 1. The van der Waals surface area contributed by atoms with E-state index in [1.54, 1.807) is 19.1 Å². The molecule has 1 aliphatic rings. The van der Waals surface area contributed by atoms with E-state index in [2.05, 4.69) is 11.1 Å². The SMILES string of the molecule is CC(=O)C1C(C)=NC(SCc2ccccc2)=C(C#N)[C@@H]1c1ccc(Cl)cc1. The Morgan fingerprint density at radius 2 is 1.85 bits per heavy atom. The molecule has 2 aromatic rings. The molecule has 0 bridgehead atoms. The maximum Gasteiger partial charge on any atom is 0.139 e. The summed E-state index contributed by atoms with van der Waals surface area (Å²) in [6.07, 6.45) is 0. The van der Waals surface area contributed by atoms with Crippen LogP contribution in [0.25, 0.3) is 0 Å². The van der Waals surface area contributed by atoms with Gasteiger partial charge < -0.3 is 0 Å². The van der Waals surface area contributed by atoms with Crippen LogP contribution in [0.15, 0.2) is 70.2 Å². The number of carbonyl (C=O) groups excluding carboxylic acids is 1. The summed E-state index contributed by atoms with van der Waals surface area (Å²) < 4.78 is 0. The van der Waals surface area contributed by atoms with Gasteiger partial charge in [-0.05, 0) is 37.1 Å². The highest BCUT2D eigenvalue weighted by atomic mass is 35.5. The van der Waals surface area contributed by atoms with E-state index >= 15 is 0 Å². The first-order chi connectivity index (χ1) is 13.0. The molecule has 2 atom stereocenters. The van der Waals surface area contributed by atoms with Gasteiger partial charge in [0.15, 0.2) is 0 Å². The number of hydrogen-bond donors (Lipinski definition) is 0. The minimum atomic E-state index is -0.429. The van der Waals surface area contributed by atoms with Gasteiger partial charge in [0.25, 0.3) is 0 Å². The standard InChI is InChI=1S/C22H19ClN2OS/c1-14-20(15(2)26)21(17-8-10-18(23)11-9-17)19(12-24)22(25-14)27-13-16-6-4-3-5-7-16/h3-11,20-21H,13H2,1-2H3/t20?,21-/m0/s1. The Hall–Kier alpha value is -2.35. The third-order valence-electron chi connectivity index (χ3n) is 4.61. The van der Waals surface area contributed by atoms with Gasteiger partial charge in [-0.15, -0.1) is 11.8 Å². The predicted molar refractivity (Wildman–Crippen MR) is 112 cm³/mol. The number of carbonyl (C=O) groups is 1. The van der Waals surface area contributed by atoms with Gasteiger partial charge in [-0.3, -0.25) is 4.79 Å². The van der Waals surface area contributed by atoms with Gasteiger partial charge in [-0.25, -0.2) is 4.99 Å². The summed E-state index contributed by atoms with van der Waals surface area (Å²) in [7, 11) is 0. The van der Waals surface area contributed by atoms with E-state index < -0.39 is 5.92 Å². The first-order valence-corrected chi connectivity index (χ1v) is 9.99. The fraction of sp³-hybridized carbons (Fsp3) is 0.227. The predicted octanol–water partition coefficient (Wildman–Crippen LogP) is 5.77. The van der Waals surface area contributed by atoms with E-state index in [1.807, 2.05) is 49.4 Å². The highest BCUT2D eigenvalue weighted by Gasteiger charge is 2.37. The lowest BCUT2D eigenvalue weighted by atomic mass is 9.75. The van der Waals surface area contributed by atoms with Crippen molar-refractivity contribution in [2.75, 3.05) is 0 Å². The summed E-state index contributed by atoms with van der Waals surface area (Å²) >= 11 is 7.56. The van der Waals surface area contributed by atoms with Crippen LogP contribution in [0.1, 0.15) is 30.9 Å². The van der Waals surface area contributed by atoms with Gasteiger partial charge in [-0.2, -0.15) is 5.26 Å². The van der Waals surface area contributed by atoms with Crippen LogP contribution in [0.5, 0.6) is 0 Å². The molecule has 0 saturated heterocycles. The Kier molecular flexibility index (Phi) is 6.15. The molecule has 2 aromatic carbocycles. The third kappa shape index (κ3) is 4.32. The van der Waals surface area contributed by atoms with E-state index in [0.717, 1.165) is 22.6 Å². The number of nitriles is 1. The van der Waals surface area contributed by atoms with Gasteiger partial charge >= 0.3 is 0 Å². The number of rotatable bonds is 5. The Morgan fingerprint density at radius 1 is 1.19 bits per heavy atom. The van der Waals surface area contributed by atoms with Crippen LogP contribution < -0.4 is 0 Å². The maximum absolute atomic E-state index is 12.4. The molecule has 0 amide bonds. The van der Waals surface area contributed by atoms with E-state index in [-0.39, 0.29) is 11.7 Å². The average molecular weight is 395 g/mol. The molecule has 0 saturated carbocycles. The highest BCUT2D eigenvalue weighted by Crippen LogP contribution is 2.42. The molecule has 0 fully saturated rings. The lowest BCUT2D eigenvalue weighted by molar-refractivity contribution is -0.119. The lowest BCUT2D eigenvalue weighted by Crippen LogP contribution is -2.31. The van der Waals surface area contributed by atoms with Gasteiger partial charge in [0.05, 0.1) is 17.6 Å². The molecule has 136 valence electrons. The van der Waals surface area contributed by atoms with Gasteiger partial charge in [0.1, 0.15) is 10.8 Å². The molecule has 1 aliphatic heterocycles. The Bertz CT molecular complexity index is 943. The van der Waals surface area contributed by atoms with Crippen LogP contribution >= 0.6 is 23.4 Å². The second kappa shape index (κ2) is 8.56. The van der Waals surface area contributed by atoms with E-state index in [4.69, 9.17) is 11.6 Å². The summed E-state index contributed by atoms with van der Waals surface area (Å²) in [5.41, 5.74) is 3.36. The number of thioether (sulfide) groups is 1. The number of benzene rings is 2. The van der Waals surface area contributed by atoms with Crippen molar-refractivity contribution in [2.24, 2.45) is 10.9 Å². The Labute approximate surface area is 168 Å². The zero-order valence-electron chi connectivity index (χ0n) is 15.1. The first kappa shape index (κ1) is 19.4. The number of halogens is 1. The molecule has 0 radical (unpaired) electrons. The fourth-order valence-electron chi connectivity index (χ4n) is 3.34. The van der Waals surface area contributed by atoms with E-state index in [1.165, 1.54) is 11.8 Å².